The molecular weight excluding hydrogens is 322 g/mol. The number of amides is 1. The maximum Gasteiger partial charge on any atom is 0.262 e. The Labute approximate surface area is 144 Å². The molecule has 1 N–H and O–H groups in total. The summed E-state index contributed by atoms with van der Waals surface area (Å²) in [6.45, 7) is 6.20. The van der Waals surface area contributed by atoms with Crippen molar-refractivity contribution < 1.29 is 9.53 Å². The third-order valence-electron chi connectivity index (χ3n) is 3.02. The van der Waals surface area contributed by atoms with Gasteiger partial charge in [0.1, 0.15) is 24.0 Å². The van der Waals surface area contributed by atoms with Crippen molar-refractivity contribution in [3.8, 4) is 11.8 Å². The first-order valence-corrected chi connectivity index (χ1v) is 8.15. The van der Waals surface area contributed by atoms with Crippen molar-refractivity contribution in [3.63, 3.8) is 0 Å². The Bertz CT molecular complexity index is 785. The summed E-state index contributed by atoms with van der Waals surface area (Å²) >= 11 is 1.59. The molecule has 0 aliphatic heterocycles. The molecule has 0 spiro atoms. The molecule has 1 aromatic heterocycles. The number of hydrogen-bond acceptors (Lipinski definition) is 5. The van der Waals surface area contributed by atoms with Gasteiger partial charge in [0.05, 0.1) is 10.7 Å². The Morgan fingerprint density at radius 2 is 2.21 bits per heavy atom. The number of aromatic nitrogens is 1. The van der Waals surface area contributed by atoms with E-state index in [9.17, 15) is 4.79 Å². The summed E-state index contributed by atoms with van der Waals surface area (Å²) in [6.07, 6.45) is 3.09. The van der Waals surface area contributed by atoms with Gasteiger partial charge in [-0.1, -0.05) is 18.2 Å². The lowest BCUT2D eigenvalue weighted by Crippen LogP contribution is -2.24. The number of nitriles is 1. The molecule has 5 nitrogen and oxygen atoms in total. The number of carbonyl (C=O) groups excluding carboxylic acids is 1. The number of thiazole rings is 1. The molecule has 6 heteroatoms. The van der Waals surface area contributed by atoms with Crippen LogP contribution in [0.1, 0.15) is 16.3 Å². The highest BCUT2D eigenvalue weighted by Gasteiger charge is 2.07. The lowest BCUT2D eigenvalue weighted by atomic mass is 10.1. The molecule has 1 aromatic carbocycles. The van der Waals surface area contributed by atoms with Gasteiger partial charge in [0, 0.05) is 11.9 Å². The second kappa shape index (κ2) is 8.65. The monoisotopic (exact) mass is 339 g/mol. The van der Waals surface area contributed by atoms with E-state index in [4.69, 9.17) is 10.00 Å². The second-order valence-corrected chi connectivity index (χ2v) is 5.95. The summed E-state index contributed by atoms with van der Waals surface area (Å²) < 4.78 is 5.66. The van der Waals surface area contributed by atoms with Crippen LogP contribution in [-0.4, -0.2) is 17.4 Å². The predicted molar refractivity (Wildman–Crippen MR) is 94.4 cm³/mol. The molecule has 0 saturated carbocycles. The maximum absolute atomic E-state index is 11.8. The third-order valence-corrected chi connectivity index (χ3v) is 3.84. The summed E-state index contributed by atoms with van der Waals surface area (Å²) in [5.74, 6) is 0.282. The van der Waals surface area contributed by atoms with Gasteiger partial charge in [-0.15, -0.1) is 17.9 Å². The third kappa shape index (κ3) is 5.07. The van der Waals surface area contributed by atoms with Crippen LogP contribution in [0.15, 0.2) is 47.9 Å². The minimum Gasteiger partial charge on any atom is -0.487 e. The van der Waals surface area contributed by atoms with Gasteiger partial charge >= 0.3 is 0 Å². The largest absolute Gasteiger partial charge is 0.487 e. The number of aryl methyl sites for hydroxylation is 1. The molecule has 0 fully saturated rings. The summed E-state index contributed by atoms with van der Waals surface area (Å²) in [6, 6.07) is 9.07. The van der Waals surface area contributed by atoms with E-state index in [0.717, 1.165) is 16.3 Å². The van der Waals surface area contributed by atoms with Crippen LogP contribution in [0, 0.1) is 18.3 Å². The molecular formula is C18H17N3O2S. The van der Waals surface area contributed by atoms with Crippen LogP contribution in [-0.2, 0) is 11.4 Å². The van der Waals surface area contributed by atoms with Crippen LogP contribution < -0.4 is 10.1 Å². The molecule has 0 radical (unpaired) electrons. The van der Waals surface area contributed by atoms with Gasteiger partial charge in [0.2, 0.25) is 0 Å². The van der Waals surface area contributed by atoms with E-state index in [1.54, 1.807) is 41.7 Å². The molecule has 0 bridgehead atoms. The van der Waals surface area contributed by atoms with Crippen molar-refractivity contribution in [2.24, 2.45) is 0 Å². The smallest absolute Gasteiger partial charge is 0.262 e. The minimum atomic E-state index is -0.420. The van der Waals surface area contributed by atoms with E-state index in [2.05, 4.69) is 16.9 Å². The zero-order chi connectivity index (χ0) is 17.4. The standard InChI is InChI=1S/C18H17N3O2S/c1-3-8-20-18(22)15(10-19)9-14-4-6-17(7-5-14)23-11-16-12-24-13(2)21-16/h3-7,9,12H,1,8,11H2,2H3,(H,20,22)/b15-9+. The second-order valence-electron chi connectivity index (χ2n) is 4.88. The number of carbonyl (C=O) groups is 1. The number of rotatable bonds is 7. The molecule has 0 atom stereocenters. The first-order valence-electron chi connectivity index (χ1n) is 7.27. The van der Waals surface area contributed by atoms with Crippen LogP contribution in [0.4, 0.5) is 0 Å². The van der Waals surface area contributed by atoms with Crippen molar-refractivity contribution >= 4 is 23.3 Å². The first-order chi connectivity index (χ1) is 11.6. The van der Waals surface area contributed by atoms with Gasteiger partial charge in [0.25, 0.3) is 5.91 Å². The summed E-state index contributed by atoms with van der Waals surface area (Å²) in [5, 5.41) is 14.6. The van der Waals surface area contributed by atoms with Crippen LogP contribution in [0.3, 0.4) is 0 Å². The molecule has 2 rings (SSSR count). The van der Waals surface area contributed by atoms with E-state index < -0.39 is 5.91 Å². The summed E-state index contributed by atoms with van der Waals surface area (Å²) in [7, 11) is 0. The van der Waals surface area contributed by atoms with E-state index in [-0.39, 0.29) is 5.57 Å². The van der Waals surface area contributed by atoms with E-state index in [1.807, 2.05) is 18.4 Å². The highest BCUT2D eigenvalue weighted by Crippen LogP contribution is 2.17. The Kier molecular flexibility index (Phi) is 6.29. The Morgan fingerprint density at radius 1 is 1.46 bits per heavy atom. The number of nitrogens with zero attached hydrogens (tertiary/aromatic N) is 2. The van der Waals surface area contributed by atoms with Gasteiger partial charge in [-0.25, -0.2) is 4.98 Å². The highest BCUT2D eigenvalue weighted by atomic mass is 32.1. The zero-order valence-electron chi connectivity index (χ0n) is 13.3. The maximum atomic E-state index is 11.8. The SMILES string of the molecule is C=CCNC(=O)/C(C#N)=C/c1ccc(OCc2csc(C)n2)cc1. The molecule has 24 heavy (non-hydrogen) atoms. The fourth-order valence-electron chi connectivity index (χ4n) is 1.87. The average Bonchev–Trinajstić information content (AvgIpc) is 3.02. The molecule has 122 valence electrons. The Balaban J connectivity index is 1.99. The quantitative estimate of drug-likeness (QED) is 0.477. The Morgan fingerprint density at radius 3 is 2.79 bits per heavy atom. The average molecular weight is 339 g/mol. The van der Waals surface area contributed by atoms with Gasteiger partial charge in [-0.3, -0.25) is 4.79 Å². The minimum absolute atomic E-state index is 0.0449. The van der Waals surface area contributed by atoms with E-state index >= 15 is 0 Å². The van der Waals surface area contributed by atoms with Crippen molar-refractivity contribution in [2.45, 2.75) is 13.5 Å². The van der Waals surface area contributed by atoms with Crippen LogP contribution >= 0.6 is 11.3 Å². The van der Waals surface area contributed by atoms with Crippen molar-refractivity contribution in [1.82, 2.24) is 10.3 Å². The molecule has 2 aromatic rings. The van der Waals surface area contributed by atoms with E-state index in [1.165, 1.54) is 6.08 Å². The fraction of sp³-hybridized carbons (Fsp3) is 0.167. The number of benzene rings is 1. The molecule has 1 amide bonds. The van der Waals surface area contributed by atoms with Crippen molar-refractivity contribution in [2.75, 3.05) is 6.54 Å². The number of ether oxygens (including phenoxy) is 1. The van der Waals surface area contributed by atoms with Crippen molar-refractivity contribution in [3.05, 3.63) is 64.1 Å². The fourth-order valence-corrected chi connectivity index (χ4v) is 2.46. The summed E-state index contributed by atoms with van der Waals surface area (Å²) in [5.41, 5.74) is 1.69. The first kappa shape index (κ1) is 17.4. The van der Waals surface area contributed by atoms with E-state index in [0.29, 0.717) is 18.9 Å². The molecule has 0 aliphatic carbocycles. The van der Waals surface area contributed by atoms with Gasteiger partial charge in [0.15, 0.2) is 0 Å². The lowest BCUT2D eigenvalue weighted by Gasteiger charge is -2.05. The molecule has 0 unspecified atom stereocenters. The number of nitrogens with one attached hydrogen (secondary N) is 1. The summed E-state index contributed by atoms with van der Waals surface area (Å²) in [4.78, 5) is 16.1. The van der Waals surface area contributed by atoms with Gasteiger partial charge in [-0.05, 0) is 30.7 Å². The lowest BCUT2D eigenvalue weighted by molar-refractivity contribution is -0.116. The molecule has 0 saturated heterocycles. The van der Waals surface area contributed by atoms with Crippen LogP contribution in [0.2, 0.25) is 0 Å². The highest BCUT2D eigenvalue weighted by molar-refractivity contribution is 7.09. The molecule has 0 aliphatic rings. The number of hydrogen-bond donors (Lipinski definition) is 1. The normalized spacial score (nSPS) is 10.8. The van der Waals surface area contributed by atoms with Gasteiger partial charge < -0.3 is 10.1 Å². The Hall–Kier alpha value is -2.91. The molecule has 1 heterocycles. The van der Waals surface area contributed by atoms with Gasteiger partial charge in [-0.2, -0.15) is 5.26 Å². The zero-order valence-corrected chi connectivity index (χ0v) is 14.1. The van der Waals surface area contributed by atoms with Crippen molar-refractivity contribution in [1.29, 1.82) is 5.26 Å². The topological polar surface area (TPSA) is 75.0 Å². The predicted octanol–water partition coefficient (Wildman–Crippen LogP) is 3.24. The van der Waals surface area contributed by atoms with Crippen LogP contribution in [0.5, 0.6) is 5.75 Å². The van der Waals surface area contributed by atoms with Crippen LogP contribution in [0.25, 0.3) is 6.08 Å².